The van der Waals surface area contributed by atoms with Gasteiger partial charge in [-0.15, -0.1) is 0 Å². The minimum absolute atomic E-state index is 0.0310. The van der Waals surface area contributed by atoms with Gasteiger partial charge in [0, 0.05) is 17.6 Å². The van der Waals surface area contributed by atoms with Crippen LogP contribution in [0.25, 0.3) is 10.8 Å². The zero-order chi connectivity index (χ0) is 18.0. The van der Waals surface area contributed by atoms with Gasteiger partial charge in [0.25, 0.3) is 5.56 Å². The first-order chi connectivity index (χ1) is 12.0. The van der Waals surface area contributed by atoms with E-state index in [9.17, 15) is 9.18 Å². The van der Waals surface area contributed by atoms with Crippen LogP contribution >= 0.6 is 11.6 Å². The molecule has 0 saturated heterocycles. The van der Waals surface area contributed by atoms with Gasteiger partial charge in [-0.1, -0.05) is 18.5 Å². The second kappa shape index (κ2) is 7.34. The van der Waals surface area contributed by atoms with E-state index in [1.54, 1.807) is 12.3 Å². The average Bonchev–Trinajstić information content (AvgIpc) is 2.63. The fourth-order valence-corrected chi connectivity index (χ4v) is 4.10. The summed E-state index contributed by atoms with van der Waals surface area (Å²) in [5.74, 6) is 0.587. The number of benzene rings is 1. The lowest BCUT2D eigenvalue weighted by molar-refractivity contribution is 0.0513. The molecule has 3 rings (SSSR count). The monoisotopic (exact) mass is 366 g/mol. The highest BCUT2D eigenvalue weighted by Crippen LogP contribution is 2.43. The highest BCUT2D eigenvalue weighted by atomic mass is 35.5. The first-order valence-corrected chi connectivity index (χ1v) is 9.16. The summed E-state index contributed by atoms with van der Waals surface area (Å²) < 4.78 is 19.2. The van der Waals surface area contributed by atoms with Crippen LogP contribution < -0.4 is 16.0 Å². The fourth-order valence-electron chi connectivity index (χ4n) is 3.89. The predicted octanol–water partition coefficient (Wildman–Crippen LogP) is 4.20. The lowest BCUT2D eigenvalue weighted by Crippen LogP contribution is -2.46. The highest BCUT2D eigenvalue weighted by molar-refractivity contribution is 6.32. The van der Waals surface area contributed by atoms with Crippen LogP contribution in [0.3, 0.4) is 0 Å². The van der Waals surface area contributed by atoms with Crippen molar-refractivity contribution in [1.29, 1.82) is 0 Å². The smallest absolute Gasteiger partial charge is 0.255 e. The number of pyridine rings is 1. The molecule has 1 fully saturated rings. The van der Waals surface area contributed by atoms with E-state index in [0.29, 0.717) is 16.2 Å². The van der Waals surface area contributed by atoms with Crippen molar-refractivity contribution in [2.45, 2.75) is 51.2 Å². The Morgan fingerprint density at radius 1 is 1.44 bits per heavy atom. The van der Waals surface area contributed by atoms with E-state index in [4.69, 9.17) is 22.1 Å². The lowest BCUT2D eigenvalue weighted by atomic mass is 9.67. The molecule has 0 aliphatic heterocycles. The number of H-pyrrole nitrogens is 1. The predicted molar refractivity (Wildman–Crippen MR) is 99.1 cm³/mol. The molecule has 6 heteroatoms. The maximum atomic E-state index is 13.1. The van der Waals surface area contributed by atoms with Gasteiger partial charge >= 0.3 is 0 Å². The van der Waals surface area contributed by atoms with E-state index in [1.807, 2.05) is 12.1 Å². The van der Waals surface area contributed by atoms with E-state index in [0.717, 1.165) is 37.5 Å². The van der Waals surface area contributed by atoms with Crippen molar-refractivity contribution in [3.05, 3.63) is 39.8 Å². The molecular formula is C19H24ClFN2O2. The van der Waals surface area contributed by atoms with Crippen molar-refractivity contribution in [2.24, 2.45) is 11.1 Å². The van der Waals surface area contributed by atoms with Crippen molar-refractivity contribution >= 4 is 22.4 Å². The van der Waals surface area contributed by atoms with Crippen LogP contribution in [-0.2, 0) is 0 Å². The van der Waals surface area contributed by atoms with E-state index in [2.05, 4.69) is 11.9 Å². The highest BCUT2D eigenvalue weighted by Gasteiger charge is 2.39. The van der Waals surface area contributed by atoms with Gasteiger partial charge in [-0.25, -0.2) is 4.39 Å². The molecule has 0 amide bonds. The summed E-state index contributed by atoms with van der Waals surface area (Å²) in [7, 11) is 0. The third-order valence-corrected chi connectivity index (χ3v) is 6.00. The van der Waals surface area contributed by atoms with Crippen molar-refractivity contribution in [2.75, 3.05) is 6.67 Å². The Morgan fingerprint density at radius 2 is 2.16 bits per heavy atom. The summed E-state index contributed by atoms with van der Waals surface area (Å²) in [5.41, 5.74) is 5.72. The van der Waals surface area contributed by atoms with E-state index in [1.165, 1.54) is 0 Å². The second-order valence-electron chi connectivity index (χ2n) is 6.97. The Morgan fingerprint density at radius 3 is 2.80 bits per heavy atom. The van der Waals surface area contributed by atoms with Crippen LogP contribution in [0.1, 0.15) is 39.0 Å². The number of nitrogens with two attached hydrogens (primary N) is 1. The van der Waals surface area contributed by atoms with E-state index in [-0.39, 0.29) is 17.1 Å². The molecule has 1 aliphatic rings. The summed E-state index contributed by atoms with van der Waals surface area (Å²) in [6.45, 7) is 1.60. The second-order valence-corrected chi connectivity index (χ2v) is 7.38. The number of hydrogen-bond acceptors (Lipinski definition) is 3. The number of aromatic nitrogens is 1. The minimum Gasteiger partial charge on any atom is -0.489 e. The minimum atomic E-state index is -0.482. The number of fused-ring (bicyclic) bond motifs is 1. The van der Waals surface area contributed by atoms with Gasteiger partial charge in [-0.05, 0) is 61.1 Å². The Balaban J connectivity index is 1.75. The first kappa shape index (κ1) is 18.2. The Bertz CT molecular complexity index is 800. The summed E-state index contributed by atoms with van der Waals surface area (Å²) in [4.78, 5) is 14.5. The molecule has 1 aliphatic carbocycles. The molecule has 3 N–H and O–H groups in total. The molecule has 1 aromatic heterocycles. The summed E-state index contributed by atoms with van der Waals surface area (Å²) in [6, 6.07) is 4.86. The van der Waals surface area contributed by atoms with Crippen molar-refractivity contribution in [1.82, 2.24) is 4.98 Å². The zero-order valence-corrected chi connectivity index (χ0v) is 15.1. The topological polar surface area (TPSA) is 68.1 Å². The van der Waals surface area contributed by atoms with Gasteiger partial charge in [-0.2, -0.15) is 0 Å². The van der Waals surface area contributed by atoms with Crippen molar-refractivity contribution < 1.29 is 9.13 Å². The third kappa shape index (κ3) is 3.53. The number of rotatable bonds is 5. The molecule has 0 spiro atoms. The number of hydrogen-bond donors (Lipinski definition) is 2. The average molecular weight is 367 g/mol. The Labute approximate surface area is 151 Å². The van der Waals surface area contributed by atoms with Gasteiger partial charge in [0.15, 0.2) is 0 Å². The Hall–Kier alpha value is -1.59. The van der Waals surface area contributed by atoms with Crippen LogP contribution in [0.5, 0.6) is 5.75 Å². The van der Waals surface area contributed by atoms with E-state index < -0.39 is 12.7 Å². The number of aromatic amines is 1. The fraction of sp³-hybridized carbons (Fsp3) is 0.526. The number of nitrogens with one attached hydrogen (secondary N) is 1. The molecule has 1 atom stereocenters. The third-order valence-electron chi connectivity index (χ3n) is 5.70. The quantitative estimate of drug-likeness (QED) is 0.833. The molecule has 2 aromatic rings. The van der Waals surface area contributed by atoms with Crippen molar-refractivity contribution in [3.8, 4) is 5.75 Å². The maximum Gasteiger partial charge on any atom is 0.255 e. The number of ether oxygens (including phenoxy) is 1. The first-order valence-electron chi connectivity index (χ1n) is 8.78. The molecule has 136 valence electrons. The molecule has 0 bridgehead atoms. The van der Waals surface area contributed by atoms with Crippen LogP contribution in [-0.4, -0.2) is 23.8 Å². The summed E-state index contributed by atoms with van der Waals surface area (Å²) in [5, 5.41) is 1.76. The largest absolute Gasteiger partial charge is 0.489 e. The Kier molecular flexibility index (Phi) is 5.35. The molecule has 1 aromatic carbocycles. The number of halogens is 2. The zero-order valence-electron chi connectivity index (χ0n) is 14.4. The van der Waals surface area contributed by atoms with Gasteiger partial charge in [0.1, 0.15) is 12.4 Å². The normalized spacial score (nSPS) is 25.0. The molecule has 0 radical (unpaired) electrons. The summed E-state index contributed by atoms with van der Waals surface area (Å²) >= 11 is 6.30. The van der Waals surface area contributed by atoms with Gasteiger partial charge in [-0.3, -0.25) is 4.79 Å². The molecule has 0 unspecified atom stereocenters. The molecule has 25 heavy (non-hydrogen) atoms. The number of alkyl halides is 1. The lowest BCUT2D eigenvalue weighted by Gasteiger charge is -2.42. The van der Waals surface area contributed by atoms with Gasteiger partial charge in [0.2, 0.25) is 0 Å². The molecule has 4 nitrogen and oxygen atoms in total. The van der Waals surface area contributed by atoms with E-state index >= 15 is 0 Å². The van der Waals surface area contributed by atoms with Gasteiger partial charge < -0.3 is 15.5 Å². The standard InChI is InChI=1S/C19H24ClFN2O2/c1-2-19(17(22)11-21)6-3-13(4-7-19)25-16-9-12-5-8-23-18(24)14(12)10-15(16)20/h5,8-10,13,17H,2-4,6-7,11,22H2,1H3,(H,23,24)/t13?,17-,19?/m1/s1. The molecular weight excluding hydrogens is 343 g/mol. The van der Waals surface area contributed by atoms with Gasteiger partial charge in [0.05, 0.1) is 11.1 Å². The molecule has 1 saturated carbocycles. The van der Waals surface area contributed by atoms with Crippen LogP contribution in [0, 0.1) is 5.41 Å². The SMILES string of the molecule is CCC1([C@H](N)CF)CCC(Oc2cc3cc[nH]c(=O)c3cc2Cl)CC1. The maximum absolute atomic E-state index is 13.1. The van der Waals surface area contributed by atoms with Crippen LogP contribution in [0.15, 0.2) is 29.2 Å². The molecule has 1 heterocycles. The van der Waals surface area contributed by atoms with Crippen LogP contribution in [0.2, 0.25) is 5.02 Å². The van der Waals surface area contributed by atoms with Crippen LogP contribution in [0.4, 0.5) is 4.39 Å². The summed E-state index contributed by atoms with van der Waals surface area (Å²) in [6.07, 6.45) is 5.87. The van der Waals surface area contributed by atoms with Crippen molar-refractivity contribution in [3.63, 3.8) is 0 Å².